The highest BCUT2D eigenvalue weighted by Crippen LogP contribution is 2.20. The summed E-state index contributed by atoms with van der Waals surface area (Å²) >= 11 is 0. The summed E-state index contributed by atoms with van der Waals surface area (Å²) in [5.41, 5.74) is 0.609. The highest BCUT2D eigenvalue weighted by molar-refractivity contribution is 6.18. The van der Waals surface area contributed by atoms with E-state index in [-0.39, 0.29) is 16.7 Å². The molecule has 0 unspecified atom stereocenters. The molecule has 0 saturated heterocycles. The van der Waals surface area contributed by atoms with E-state index in [1.165, 1.54) is 30.3 Å². The van der Waals surface area contributed by atoms with Crippen LogP contribution in [0, 0.1) is 5.82 Å². The Morgan fingerprint density at radius 2 is 1.24 bits per heavy atom. The van der Waals surface area contributed by atoms with Gasteiger partial charge in [0.05, 0.1) is 16.8 Å². The lowest BCUT2D eigenvalue weighted by molar-refractivity contribution is 0.0970. The summed E-state index contributed by atoms with van der Waals surface area (Å²) in [6, 6.07) is 20.6. The molecule has 124 valence electrons. The number of hydrogen-bond acceptors (Lipinski definition) is 3. The van der Waals surface area contributed by atoms with Gasteiger partial charge in [0.15, 0.2) is 5.78 Å². The van der Waals surface area contributed by atoms with Crippen LogP contribution < -0.4 is 10.9 Å². The van der Waals surface area contributed by atoms with Crippen molar-refractivity contribution in [2.45, 2.75) is 0 Å². The zero-order chi connectivity index (χ0) is 17.8. The van der Waals surface area contributed by atoms with Crippen LogP contribution in [0.25, 0.3) is 0 Å². The fourth-order valence-electron chi connectivity index (χ4n) is 2.49. The van der Waals surface area contributed by atoms with E-state index in [1.807, 2.05) is 0 Å². The van der Waals surface area contributed by atoms with Crippen molar-refractivity contribution < 1.29 is 14.0 Å². The van der Waals surface area contributed by atoms with Crippen molar-refractivity contribution in [3.05, 3.63) is 101 Å². The molecular weight excluding hydrogens is 319 g/mol. The predicted molar refractivity (Wildman–Crippen MR) is 93.7 cm³/mol. The number of rotatable bonds is 4. The number of amides is 1. The highest BCUT2D eigenvalue weighted by atomic mass is 19.1. The monoisotopic (exact) mass is 334 g/mol. The molecule has 0 aliphatic rings. The summed E-state index contributed by atoms with van der Waals surface area (Å²) in [7, 11) is 0. The highest BCUT2D eigenvalue weighted by Gasteiger charge is 2.23. The van der Waals surface area contributed by atoms with E-state index in [4.69, 9.17) is 5.84 Å². The second kappa shape index (κ2) is 7.07. The van der Waals surface area contributed by atoms with Crippen LogP contribution in [0.15, 0.2) is 78.9 Å². The number of carbonyl (C=O) groups is 2. The lowest BCUT2D eigenvalue weighted by atomic mass is 9.97. The SMILES string of the molecule is NN(C(=O)c1ccccc1C(=O)c1ccccc1F)c1ccccc1. The van der Waals surface area contributed by atoms with Crippen molar-refractivity contribution in [2.24, 2.45) is 5.84 Å². The van der Waals surface area contributed by atoms with Crippen molar-refractivity contribution in [2.75, 3.05) is 5.01 Å². The Bertz CT molecular complexity index is 926. The molecule has 0 aliphatic carbocycles. The van der Waals surface area contributed by atoms with Crippen LogP contribution in [0.4, 0.5) is 10.1 Å². The molecule has 4 nitrogen and oxygen atoms in total. The van der Waals surface area contributed by atoms with Gasteiger partial charge in [-0.3, -0.25) is 9.59 Å². The lowest BCUT2D eigenvalue weighted by Crippen LogP contribution is -2.38. The quantitative estimate of drug-likeness (QED) is 0.343. The fourth-order valence-corrected chi connectivity index (χ4v) is 2.49. The molecule has 0 aliphatic heterocycles. The molecule has 0 atom stereocenters. The van der Waals surface area contributed by atoms with E-state index < -0.39 is 17.5 Å². The van der Waals surface area contributed by atoms with Gasteiger partial charge in [-0.05, 0) is 30.3 Å². The molecular formula is C20H15FN2O2. The number of nitrogens with zero attached hydrogens (tertiary/aromatic N) is 1. The van der Waals surface area contributed by atoms with Gasteiger partial charge in [-0.1, -0.05) is 48.5 Å². The van der Waals surface area contributed by atoms with Crippen LogP contribution in [-0.2, 0) is 0 Å². The zero-order valence-corrected chi connectivity index (χ0v) is 13.2. The van der Waals surface area contributed by atoms with Crippen molar-refractivity contribution in [1.82, 2.24) is 0 Å². The number of nitrogens with two attached hydrogens (primary N) is 1. The Kier molecular flexibility index (Phi) is 4.68. The maximum absolute atomic E-state index is 13.9. The summed E-state index contributed by atoms with van der Waals surface area (Å²) in [4.78, 5) is 25.4. The van der Waals surface area contributed by atoms with Gasteiger partial charge in [-0.2, -0.15) is 0 Å². The van der Waals surface area contributed by atoms with Crippen LogP contribution in [0.1, 0.15) is 26.3 Å². The van der Waals surface area contributed by atoms with Gasteiger partial charge in [0.2, 0.25) is 0 Å². The third-order valence-corrected chi connectivity index (χ3v) is 3.77. The summed E-state index contributed by atoms with van der Waals surface area (Å²) < 4.78 is 13.9. The van der Waals surface area contributed by atoms with Crippen molar-refractivity contribution in [3.63, 3.8) is 0 Å². The van der Waals surface area contributed by atoms with E-state index in [1.54, 1.807) is 48.5 Å². The van der Waals surface area contributed by atoms with Crippen molar-refractivity contribution in [1.29, 1.82) is 0 Å². The van der Waals surface area contributed by atoms with Gasteiger partial charge in [0, 0.05) is 5.56 Å². The van der Waals surface area contributed by atoms with Crippen molar-refractivity contribution in [3.8, 4) is 0 Å². The normalized spacial score (nSPS) is 10.3. The Morgan fingerprint density at radius 3 is 1.88 bits per heavy atom. The first-order valence-electron chi connectivity index (χ1n) is 7.62. The molecule has 3 aromatic carbocycles. The predicted octanol–water partition coefficient (Wildman–Crippen LogP) is 3.58. The number of carbonyl (C=O) groups excluding carboxylic acids is 2. The van der Waals surface area contributed by atoms with Crippen molar-refractivity contribution >= 4 is 17.4 Å². The summed E-state index contributed by atoms with van der Waals surface area (Å²) in [6.45, 7) is 0. The third kappa shape index (κ3) is 3.32. The van der Waals surface area contributed by atoms with Crippen LogP contribution in [0.3, 0.4) is 0 Å². The molecule has 0 bridgehead atoms. The summed E-state index contributed by atoms with van der Waals surface area (Å²) in [5, 5.41) is 0.966. The van der Waals surface area contributed by atoms with Crippen LogP contribution >= 0.6 is 0 Å². The molecule has 5 heteroatoms. The van der Waals surface area contributed by atoms with Gasteiger partial charge < -0.3 is 0 Å². The number of hydrogen-bond donors (Lipinski definition) is 1. The molecule has 25 heavy (non-hydrogen) atoms. The molecule has 0 fully saturated rings. The minimum atomic E-state index is -0.637. The van der Waals surface area contributed by atoms with E-state index >= 15 is 0 Å². The largest absolute Gasteiger partial charge is 0.288 e. The van der Waals surface area contributed by atoms with Gasteiger partial charge >= 0.3 is 0 Å². The average molecular weight is 334 g/mol. The molecule has 1 amide bonds. The molecule has 0 aromatic heterocycles. The first-order valence-corrected chi connectivity index (χ1v) is 7.62. The van der Waals surface area contributed by atoms with Gasteiger partial charge in [-0.25, -0.2) is 15.2 Å². The maximum atomic E-state index is 13.9. The number of para-hydroxylation sites is 1. The second-order valence-corrected chi connectivity index (χ2v) is 5.37. The van der Waals surface area contributed by atoms with Crippen LogP contribution in [-0.4, -0.2) is 11.7 Å². The molecule has 0 saturated carbocycles. The smallest absolute Gasteiger partial charge is 0.273 e. The zero-order valence-electron chi connectivity index (χ0n) is 13.2. The second-order valence-electron chi connectivity index (χ2n) is 5.37. The molecule has 0 spiro atoms. The fraction of sp³-hybridized carbons (Fsp3) is 0. The van der Waals surface area contributed by atoms with E-state index in [0.717, 1.165) is 5.01 Å². The molecule has 3 rings (SSSR count). The molecule has 0 radical (unpaired) electrons. The van der Waals surface area contributed by atoms with E-state index in [2.05, 4.69) is 0 Å². The first kappa shape index (κ1) is 16.5. The summed E-state index contributed by atoms with van der Waals surface area (Å²) in [5.74, 6) is 4.15. The number of hydrazine groups is 1. The molecule has 3 aromatic rings. The minimum Gasteiger partial charge on any atom is -0.288 e. The van der Waals surface area contributed by atoms with Gasteiger partial charge in [0.1, 0.15) is 5.82 Å². The number of benzene rings is 3. The van der Waals surface area contributed by atoms with Crippen LogP contribution in [0.2, 0.25) is 0 Å². The lowest BCUT2D eigenvalue weighted by Gasteiger charge is -2.18. The molecule has 0 heterocycles. The molecule has 2 N–H and O–H groups in total. The summed E-state index contributed by atoms with van der Waals surface area (Å²) in [6.07, 6.45) is 0. The Hall–Kier alpha value is -3.31. The Balaban J connectivity index is 2.00. The van der Waals surface area contributed by atoms with E-state index in [0.29, 0.717) is 5.69 Å². The Labute approximate surface area is 144 Å². The number of halogens is 1. The van der Waals surface area contributed by atoms with E-state index in [9.17, 15) is 14.0 Å². The number of anilines is 1. The standard InChI is InChI=1S/C20H15FN2O2/c21-18-13-7-6-12-17(18)19(24)15-10-4-5-11-16(15)20(25)23(22)14-8-2-1-3-9-14/h1-13H,22H2. The van der Waals surface area contributed by atoms with Gasteiger partial charge in [0.25, 0.3) is 5.91 Å². The van der Waals surface area contributed by atoms with Crippen LogP contribution in [0.5, 0.6) is 0 Å². The number of ketones is 1. The first-order chi connectivity index (χ1) is 12.1. The topological polar surface area (TPSA) is 63.4 Å². The minimum absolute atomic E-state index is 0.0916. The van der Waals surface area contributed by atoms with Gasteiger partial charge in [-0.15, -0.1) is 0 Å². The average Bonchev–Trinajstić information content (AvgIpc) is 2.67. The third-order valence-electron chi connectivity index (χ3n) is 3.77. The Morgan fingerprint density at radius 1 is 0.720 bits per heavy atom. The maximum Gasteiger partial charge on any atom is 0.273 e.